The van der Waals surface area contributed by atoms with Crippen molar-refractivity contribution < 1.29 is 13.2 Å². The fourth-order valence-corrected chi connectivity index (χ4v) is 2.68. The molecule has 0 saturated heterocycles. The smallest absolute Gasteiger partial charge is 0.216 e. The topological polar surface area (TPSA) is 72.6 Å². The maximum Gasteiger partial charge on any atom is 0.216 e. The van der Waals surface area contributed by atoms with Gasteiger partial charge in [-0.25, -0.2) is 12.7 Å². The maximum absolute atomic E-state index is 11.9. The summed E-state index contributed by atoms with van der Waals surface area (Å²) in [7, 11) is -3.20. The molecule has 0 aromatic heterocycles. The normalized spacial score (nSPS) is 12.2. The van der Waals surface area contributed by atoms with E-state index < -0.39 is 10.0 Å². The summed E-state index contributed by atoms with van der Waals surface area (Å²) in [5.74, 6) is 0.0462. The Hall–Kier alpha value is -0.170. The summed E-state index contributed by atoms with van der Waals surface area (Å²) in [4.78, 5) is 0. The van der Waals surface area contributed by atoms with Gasteiger partial charge in [-0.3, -0.25) is 0 Å². The summed E-state index contributed by atoms with van der Waals surface area (Å²) >= 11 is 0. The molecule has 0 amide bonds. The van der Waals surface area contributed by atoms with Crippen LogP contribution in [0.2, 0.25) is 0 Å². The van der Waals surface area contributed by atoms with Crippen LogP contribution in [0.4, 0.5) is 0 Å². The van der Waals surface area contributed by atoms with Crippen LogP contribution in [0.15, 0.2) is 0 Å². The van der Waals surface area contributed by atoms with E-state index in [0.29, 0.717) is 26.2 Å². The number of rotatable bonds is 10. The van der Waals surface area contributed by atoms with Crippen molar-refractivity contribution in [3.63, 3.8) is 0 Å². The van der Waals surface area contributed by atoms with Gasteiger partial charge in [-0.1, -0.05) is 13.3 Å². The highest BCUT2D eigenvalue weighted by Crippen LogP contribution is 2.04. The number of hydrogen-bond acceptors (Lipinski definition) is 4. The van der Waals surface area contributed by atoms with Gasteiger partial charge >= 0.3 is 0 Å². The molecule has 98 valence electrons. The minimum Gasteiger partial charge on any atom is -0.381 e. The van der Waals surface area contributed by atoms with Crippen molar-refractivity contribution in [2.24, 2.45) is 5.73 Å². The van der Waals surface area contributed by atoms with Crippen molar-refractivity contribution in [1.29, 1.82) is 0 Å². The summed E-state index contributed by atoms with van der Waals surface area (Å²) in [6.07, 6.45) is 1.84. The molecule has 0 saturated carbocycles. The lowest BCUT2D eigenvalue weighted by Crippen LogP contribution is -2.38. The number of ether oxygens (including phenoxy) is 1. The maximum atomic E-state index is 11.9. The molecule has 0 rings (SSSR count). The molecule has 2 N–H and O–H groups in total. The highest BCUT2D eigenvalue weighted by Gasteiger charge is 2.20. The standard InChI is InChI=1S/C10H24N2O3S/c1-3-5-7-12(8-6-11)16(13,14)10-9-15-4-2/h3-11H2,1-2H3. The van der Waals surface area contributed by atoms with Crippen molar-refractivity contribution in [1.82, 2.24) is 4.31 Å². The van der Waals surface area contributed by atoms with E-state index in [4.69, 9.17) is 10.5 Å². The van der Waals surface area contributed by atoms with Gasteiger partial charge in [-0.05, 0) is 13.3 Å². The van der Waals surface area contributed by atoms with Crippen LogP contribution in [-0.2, 0) is 14.8 Å². The van der Waals surface area contributed by atoms with Crippen molar-refractivity contribution in [2.75, 3.05) is 38.6 Å². The molecule has 0 aromatic carbocycles. The van der Waals surface area contributed by atoms with Gasteiger partial charge < -0.3 is 10.5 Å². The molecule has 0 atom stereocenters. The fourth-order valence-electron chi connectivity index (χ4n) is 1.31. The lowest BCUT2D eigenvalue weighted by atomic mass is 10.3. The first-order chi connectivity index (χ1) is 7.58. The van der Waals surface area contributed by atoms with Crippen LogP contribution in [0.5, 0.6) is 0 Å². The summed E-state index contributed by atoms with van der Waals surface area (Å²) in [5, 5.41) is 0. The van der Waals surface area contributed by atoms with Gasteiger partial charge in [0.05, 0.1) is 12.4 Å². The van der Waals surface area contributed by atoms with E-state index in [1.165, 1.54) is 4.31 Å². The molecule has 5 nitrogen and oxygen atoms in total. The van der Waals surface area contributed by atoms with Gasteiger partial charge in [0.25, 0.3) is 0 Å². The number of sulfonamides is 1. The van der Waals surface area contributed by atoms with E-state index in [2.05, 4.69) is 0 Å². The van der Waals surface area contributed by atoms with Crippen molar-refractivity contribution in [3.05, 3.63) is 0 Å². The Morgan fingerprint density at radius 1 is 1.25 bits per heavy atom. The molecule has 6 heteroatoms. The van der Waals surface area contributed by atoms with Crippen LogP contribution >= 0.6 is 0 Å². The summed E-state index contributed by atoms with van der Waals surface area (Å²) in [6.45, 7) is 6.00. The first-order valence-corrected chi connectivity index (χ1v) is 7.45. The van der Waals surface area contributed by atoms with Crippen molar-refractivity contribution in [3.8, 4) is 0 Å². The zero-order valence-corrected chi connectivity index (χ0v) is 11.1. The fraction of sp³-hybridized carbons (Fsp3) is 1.00. The molecule has 0 bridgehead atoms. The molecular formula is C10H24N2O3S. The van der Waals surface area contributed by atoms with E-state index in [-0.39, 0.29) is 12.4 Å². The summed E-state index contributed by atoms with van der Waals surface area (Å²) < 4.78 is 30.3. The van der Waals surface area contributed by atoms with Gasteiger partial charge in [-0.15, -0.1) is 0 Å². The molecular weight excluding hydrogens is 228 g/mol. The molecule has 0 aliphatic rings. The number of unbranched alkanes of at least 4 members (excludes halogenated alkanes) is 1. The second-order valence-corrected chi connectivity index (χ2v) is 5.64. The molecule has 0 aromatic rings. The molecule has 16 heavy (non-hydrogen) atoms. The lowest BCUT2D eigenvalue weighted by molar-refractivity contribution is 0.162. The number of hydrogen-bond donors (Lipinski definition) is 1. The van der Waals surface area contributed by atoms with E-state index in [1.54, 1.807) is 0 Å². The van der Waals surface area contributed by atoms with E-state index >= 15 is 0 Å². The molecule has 0 spiro atoms. The lowest BCUT2D eigenvalue weighted by Gasteiger charge is -2.21. The minimum atomic E-state index is -3.20. The average molecular weight is 252 g/mol. The monoisotopic (exact) mass is 252 g/mol. The molecule has 0 aliphatic carbocycles. The molecule has 0 unspecified atom stereocenters. The van der Waals surface area contributed by atoms with E-state index in [1.807, 2.05) is 13.8 Å². The summed E-state index contributed by atoms with van der Waals surface area (Å²) in [5.41, 5.74) is 5.42. The molecule has 0 radical (unpaired) electrons. The SMILES string of the molecule is CCCCN(CCN)S(=O)(=O)CCOCC. The highest BCUT2D eigenvalue weighted by molar-refractivity contribution is 7.89. The van der Waals surface area contributed by atoms with Gasteiger partial charge in [-0.2, -0.15) is 0 Å². The second-order valence-electron chi connectivity index (χ2n) is 3.55. The van der Waals surface area contributed by atoms with Crippen LogP contribution in [0.25, 0.3) is 0 Å². The van der Waals surface area contributed by atoms with Gasteiger partial charge in [0.15, 0.2) is 0 Å². The van der Waals surface area contributed by atoms with E-state index in [0.717, 1.165) is 12.8 Å². The van der Waals surface area contributed by atoms with Gasteiger partial charge in [0.1, 0.15) is 0 Å². The van der Waals surface area contributed by atoms with Crippen LogP contribution in [0.3, 0.4) is 0 Å². The largest absolute Gasteiger partial charge is 0.381 e. The first-order valence-electron chi connectivity index (χ1n) is 5.84. The first kappa shape index (κ1) is 15.8. The number of nitrogens with zero attached hydrogens (tertiary/aromatic N) is 1. The third-order valence-corrected chi connectivity index (χ3v) is 4.06. The second kappa shape index (κ2) is 8.92. The highest BCUT2D eigenvalue weighted by atomic mass is 32.2. The Balaban J connectivity index is 4.25. The van der Waals surface area contributed by atoms with E-state index in [9.17, 15) is 8.42 Å². The average Bonchev–Trinajstić information content (AvgIpc) is 2.24. The van der Waals surface area contributed by atoms with Gasteiger partial charge in [0.2, 0.25) is 10.0 Å². The van der Waals surface area contributed by atoms with Crippen molar-refractivity contribution >= 4 is 10.0 Å². The third-order valence-electron chi connectivity index (χ3n) is 2.22. The third kappa shape index (κ3) is 6.42. The quantitative estimate of drug-likeness (QED) is 0.572. The Morgan fingerprint density at radius 2 is 1.94 bits per heavy atom. The Morgan fingerprint density at radius 3 is 2.44 bits per heavy atom. The Labute approximate surface area is 99.0 Å². The van der Waals surface area contributed by atoms with Crippen molar-refractivity contribution in [2.45, 2.75) is 26.7 Å². The molecule has 0 fully saturated rings. The van der Waals surface area contributed by atoms with Crippen LogP contribution in [0, 0.1) is 0 Å². The zero-order chi connectivity index (χ0) is 12.4. The Kier molecular flexibility index (Phi) is 8.83. The summed E-state index contributed by atoms with van der Waals surface area (Å²) in [6, 6.07) is 0. The predicted molar refractivity (Wildman–Crippen MR) is 65.8 cm³/mol. The molecule has 0 aliphatic heterocycles. The number of nitrogens with two attached hydrogens (primary N) is 1. The Bertz CT molecular complexity index is 255. The van der Waals surface area contributed by atoms with Crippen LogP contribution in [-0.4, -0.2) is 51.3 Å². The van der Waals surface area contributed by atoms with Crippen LogP contribution < -0.4 is 5.73 Å². The zero-order valence-electron chi connectivity index (χ0n) is 10.3. The van der Waals surface area contributed by atoms with Crippen LogP contribution in [0.1, 0.15) is 26.7 Å². The van der Waals surface area contributed by atoms with Gasteiger partial charge in [0, 0.05) is 26.2 Å². The predicted octanol–water partition coefficient (Wildman–Crippen LogP) is 0.414. The molecule has 0 heterocycles. The minimum absolute atomic E-state index is 0.0462.